The molecule has 0 amide bonds. The Morgan fingerprint density at radius 3 is 2.31 bits per heavy atom. The molecule has 0 saturated heterocycles. The lowest BCUT2D eigenvalue weighted by atomic mass is 9.84. The molecule has 0 aliphatic carbocycles. The molecule has 0 radical (unpaired) electrons. The van der Waals surface area contributed by atoms with E-state index in [1.54, 1.807) is 48.5 Å². The fraction of sp³-hybridized carbons (Fsp3) is 0.182. The number of rotatable bonds is 8. The van der Waals surface area contributed by atoms with Crippen molar-refractivity contribution in [2.24, 2.45) is 0 Å². The maximum atomic E-state index is 16.6. The third kappa shape index (κ3) is 5.53. The van der Waals surface area contributed by atoms with Crippen molar-refractivity contribution in [2.75, 3.05) is 0 Å². The normalized spacial score (nSPS) is 14.5. The van der Waals surface area contributed by atoms with Crippen molar-refractivity contribution in [3.05, 3.63) is 104 Å². The van der Waals surface area contributed by atoms with E-state index in [0.29, 0.717) is 20.6 Å². The van der Waals surface area contributed by atoms with Gasteiger partial charge in [-0.05, 0) is 54.4 Å². The predicted octanol–water partition coefficient (Wildman–Crippen LogP) is 5.79. The van der Waals surface area contributed by atoms with Gasteiger partial charge in [-0.25, -0.2) is 17.5 Å². The number of benzene rings is 3. The minimum absolute atomic E-state index is 0.107. The van der Waals surface area contributed by atoms with Crippen LogP contribution in [-0.4, -0.2) is 19.4 Å². The predicted molar refractivity (Wildman–Crippen MR) is 125 cm³/mol. The maximum Gasteiger partial charge on any atom is 0.269 e. The Labute approximate surface area is 198 Å². The van der Waals surface area contributed by atoms with Crippen molar-refractivity contribution in [3.8, 4) is 0 Å². The topological polar surface area (TPSA) is 89.3 Å². The van der Waals surface area contributed by atoms with E-state index >= 15 is 4.39 Å². The van der Waals surface area contributed by atoms with Crippen LogP contribution in [0.2, 0.25) is 5.02 Å². The van der Waals surface area contributed by atoms with Gasteiger partial charge in [0.25, 0.3) is 5.69 Å². The summed E-state index contributed by atoms with van der Waals surface area (Å²) in [7, 11) is -4.15. The summed E-state index contributed by atoms with van der Waals surface area (Å²) < 4.78 is 45.5. The van der Waals surface area contributed by atoms with E-state index in [1.165, 1.54) is 6.92 Å². The van der Waals surface area contributed by atoms with E-state index in [2.05, 4.69) is 20.7 Å². The zero-order valence-corrected chi connectivity index (χ0v) is 20.0. The highest BCUT2D eigenvalue weighted by Gasteiger charge is 2.41. The van der Waals surface area contributed by atoms with E-state index in [-0.39, 0.29) is 17.0 Å². The van der Waals surface area contributed by atoms with Crippen molar-refractivity contribution < 1.29 is 17.7 Å². The molecule has 168 valence electrons. The Bertz CT molecular complexity index is 1220. The van der Waals surface area contributed by atoms with Crippen LogP contribution in [0.3, 0.4) is 0 Å². The van der Waals surface area contributed by atoms with Crippen molar-refractivity contribution in [2.45, 2.75) is 30.0 Å². The molecule has 0 aliphatic heterocycles. The zero-order chi connectivity index (χ0) is 23.5. The molecule has 32 heavy (non-hydrogen) atoms. The SMILES string of the molecule is C[C@H](NS(=O)(=O)c1ccc([N+](=O)[O-])cc1)C(F)(Cc1ccc(Cl)cc1)c1cccc(Br)c1. The fourth-order valence-electron chi connectivity index (χ4n) is 3.29. The maximum absolute atomic E-state index is 16.6. The van der Waals surface area contributed by atoms with E-state index in [9.17, 15) is 18.5 Å². The molecule has 0 fully saturated rings. The lowest BCUT2D eigenvalue weighted by Gasteiger charge is -2.33. The van der Waals surface area contributed by atoms with Gasteiger partial charge in [0.2, 0.25) is 10.0 Å². The van der Waals surface area contributed by atoms with Crippen LogP contribution in [0.5, 0.6) is 0 Å². The molecule has 3 aromatic rings. The Morgan fingerprint density at radius 1 is 1.12 bits per heavy atom. The third-order valence-electron chi connectivity index (χ3n) is 5.06. The summed E-state index contributed by atoms with van der Waals surface area (Å²) in [5.74, 6) is 0. The molecule has 6 nitrogen and oxygen atoms in total. The highest BCUT2D eigenvalue weighted by molar-refractivity contribution is 9.10. The molecule has 1 N–H and O–H groups in total. The molecule has 2 atom stereocenters. The van der Waals surface area contributed by atoms with Gasteiger partial charge >= 0.3 is 0 Å². The summed E-state index contributed by atoms with van der Waals surface area (Å²) in [6, 6.07) is 16.5. The summed E-state index contributed by atoms with van der Waals surface area (Å²) in [6.45, 7) is 1.44. The van der Waals surface area contributed by atoms with Crippen molar-refractivity contribution in [1.29, 1.82) is 0 Å². The highest BCUT2D eigenvalue weighted by Crippen LogP contribution is 2.36. The average molecular weight is 542 g/mol. The minimum atomic E-state index is -4.15. The quantitative estimate of drug-likeness (QED) is 0.289. The van der Waals surface area contributed by atoms with E-state index in [1.807, 2.05) is 0 Å². The largest absolute Gasteiger partial charge is 0.269 e. The molecule has 0 spiro atoms. The zero-order valence-electron chi connectivity index (χ0n) is 16.8. The van der Waals surface area contributed by atoms with Crippen LogP contribution in [0.4, 0.5) is 10.1 Å². The van der Waals surface area contributed by atoms with Crippen LogP contribution >= 0.6 is 27.5 Å². The second-order valence-electron chi connectivity index (χ2n) is 7.27. The van der Waals surface area contributed by atoms with Crippen LogP contribution in [0.15, 0.2) is 82.2 Å². The van der Waals surface area contributed by atoms with Crippen LogP contribution < -0.4 is 4.72 Å². The van der Waals surface area contributed by atoms with Crippen LogP contribution in [0, 0.1) is 10.1 Å². The standard InChI is InChI=1S/C22H19BrClFN2O4S/c1-15(26-32(30,31)21-11-9-20(10-12-21)27(28)29)22(25,17-3-2-4-18(23)13-17)14-16-5-7-19(24)8-6-16/h2-13,15,26H,14H2,1H3/t15-,22?/m0/s1. The van der Waals surface area contributed by atoms with Crippen LogP contribution in [0.1, 0.15) is 18.1 Å². The van der Waals surface area contributed by atoms with Gasteiger partial charge in [-0.15, -0.1) is 0 Å². The number of nitrogens with zero attached hydrogens (tertiary/aromatic N) is 1. The molecule has 0 heterocycles. The second-order valence-corrected chi connectivity index (χ2v) is 10.3. The first-order chi connectivity index (χ1) is 15.0. The monoisotopic (exact) mass is 540 g/mol. The van der Waals surface area contributed by atoms with Gasteiger partial charge in [0, 0.05) is 28.0 Å². The van der Waals surface area contributed by atoms with Crippen LogP contribution in [0.25, 0.3) is 0 Å². The Morgan fingerprint density at radius 2 is 1.75 bits per heavy atom. The summed E-state index contributed by atoms with van der Waals surface area (Å²) in [4.78, 5) is 10.0. The lowest BCUT2D eigenvalue weighted by molar-refractivity contribution is -0.384. The molecule has 0 saturated carbocycles. The van der Waals surface area contributed by atoms with Gasteiger partial charge < -0.3 is 0 Å². The number of nitrogens with one attached hydrogen (secondary N) is 1. The van der Waals surface area contributed by atoms with Gasteiger partial charge in [-0.3, -0.25) is 10.1 Å². The summed E-state index contributed by atoms with van der Waals surface area (Å²) in [5, 5.41) is 11.3. The Hall–Kier alpha value is -2.33. The molecular weight excluding hydrogens is 523 g/mol. The van der Waals surface area contributed by atoms with E-state index in [4.69, 9.17) is 11.6 Å². The number of alkyl halides is 1. The number of nitro benzene ring substituents is 1. The van der Waals surface area contributed by atoms with Gasteiger partial charge in [0.05, 0.1) is 15.9 Å². The summed E-state index contributed by atoms with van der Waals surface area (Å²) in [6.07, 6.45) is -0.107. The van der Waals surface area contributed by atoms with Crippen molar-refractivity contribution >= 4 is 43.2 Å². The number of halogens is 3. The van der Waals surface area contributed by atoms with Crippen molar-refractivity contribution in [1.82, 2.24) is 4.72 Å². The number of non-ortho nitro benzene ring substituents is 1. The lowest BCUT2D eigenvalue weighted by Crippen LogP contribution is -2.47. The average Bonchev–Trinajstić information content (AvgIpc) is 2.75. The van der Waals surface area contributed by atoms with Crippen molar-refractivity contribution in [3.63, 3.8) is 0 Å². The number of sulfonamides is 1. The first-order valence-corrected chi connectivity index (χ1v) is 12.1. The first-order valence-electron chi connectivity index (χ1n) is 9.47. The molecule has 0 bridgehead atoms. The van der Waals surface area contributed by atoms with Gasteiger partial charge in [-0.1, -0.05) is 51.8 Å². The molecule has 0 aromatic heterocycles. The smallest absolute Gasteiger partial charge is 0.258 e. The van der Waals surface area contributed by atoms with Gasteiger partial charge in [0.15, 0.2) is 5.67 Å². The minimum Gasteiger partial charge on any atom is -0.258 e. The second kappa shape index (κ2) is 9.66. The highest BCUT2D eigenvalue weighted by atomic mass is 79.9. The van der Waals surface area contributed by atoms with Gasteiger partial charge in [0.1, 0.15) is 0 Å². The van der Waals surface area contributed by atoms with Gasteiger partial charge in [-0.2, -0.15) is 0 Å². The summed E-state index contributed by atoms with van der Waals surface area (Å²) in [5.41, 5.74) is -1.42. The number of hydrogen-bond donors (Lipinski definition) is 1. The first kappa shape index (κ1) is 24.3. The van der Waals surface area contributed by atoms with Crippen LogP contribution in [-0.2, 0) is 22.1 Å². The molecule has 3 aromatic carbocycles. The molecule has 1 unspecified atom stereocenters. The molecule has 10 heteroatoms. The number of nitro groups is 1. The molecule has 0 aliphatic rings. The Kier molecular flexibility index (Phi) is 7.34. The van der Waals surface area contributed by atoms with E-state index < -0.39 is 26.7 Å². The van der Waals surface area contributed by atoms with E-state index in [0.717, 1.165) is 24.3 Å². The molecular formula is C22H19BrClFN2O4S. The Balaban J connectivity index is 1.96. The molecule has 3 rings (SSSR count). The summed E-state index contributed by atoms with van der Waals surface area (Å²) >= 11 is 9.27. The third-order valence-corrected chi connectivity index (χ3v) is 7.36. The fourth-order valence-corrected chi connectivity index (χ4v) is 5.10. The number of hydrogen-bond acceptors (Lipinski definition) is 4.